The normalized spacial score (nSPS) is 11.4. The number of fused-ring (bicyclic) bond motifs is 1. The topological polar surface area (TPSA) is 55.7 Å². The fourth-order valence-corrected chi connectivity index (χ4v) is 4.54. The molecule has 0 unspecified atom stereocenters. The van der Waals surface area contributed by atoms with Crippen molar-refractivity contribution >= 4 is 11.0 Å². The number of aromatic amines is 1. The molecule has 172 valence electrons. The van der Waals surface area contributed by atoms with Crippen molar-refractivity contribution in [2.75, 3.05) is 7.11 Å². The minimum Gasteiger partial charge on any atom is -0.496 e. The molecule has 0 radical (unpaired) electrons. The molecule has 2 aromatic carbocycles. The third kappa shape index (κ3) is 3.83. The summed E-state index contributed by atoms with van der Waals surface area (Å²) in [7, 11) is 1.66. The van der Waals surface area contributed by atoms with Crippen molar-refractivity contribution in [2.45, 2.75) is 27.3 Å². The molecule has 0 bridgehead atoms. The molecule has 0 saturated heterocycles. The van der Waals surface area contributed by atoms with Crippen LogP contribution >= 0.6 is 0 Å². The van der Waals surface area contributed by atoms with Crippen molar-refractivity contribution in [2.24, 2.45) is 0 Å². The van der Waals surface area contributed by atoms with Crippen LogP contribution in [-0.4, -0.2) is 26.9 Å². The highest BCUT2D eigenvalue weighted by Gasteiger charge is 2.18. The van der Waals surface area contributed by atoms with Crippen molar-refractivity contribution in [3.05, 3.63) is 89.0 Å². The lowest BCUT2D eigenvalue weighted by atomic mass is 10.00. The predicted octanol–water partition coefficient (Wildman–Crippen LogP) is 6.35. The summed E-state index contributed by atoms with van der Waals surface area (Å²) in [5.41, 5.74) is 8.12. The Kier molecular flexibility index (Phi) is 5.40. The summed E-state index contributed by atoms with van der Waals surface area (Å²) in [5, 5.41) is 5.64. The maximum atomic E-state index is 13.7. The van der Waals surface area contributed by atoms with Gasteiger partial charge in [0.05, 0.1) is 19.3 Å². The van der Waals surface area contributed by atoms with Crippen LogP contribution in [0.15, 0.2) is 54.9 Å². The second kappa shape index (κ2) is 8.41. The fraction of sp³-hybridized carbons (Fsp3) is 0.185. The molecular formula is C27H24F2N4O. The minimum absolute atomic E-state index is 0.276. The largest absolute Gasteiger partial charge is 0.496 e. The number of benzene rings is 2. The Morgan fingerprint density at radius 2 is 1.74 bits per heavy atom. The highest BCUT2D eigenvalue weighted by Crippen LogP contribution is 2.35. The molecule has 0 amide bonds. The van der Waals surface area contributed by atoms with E-state index in [1.165, 1.54) is 12.1 Å². The van der Waals surface area contributed by atoms with Crippen LogP contribution in [0.3, 0.4) is 0 Å². The average Bonchev–Trinajstić information content (AvgIpc) is 3.32. The number of nitrogens with one attached hydrogen (secondary N) is 1. The Morgan fingerprint density at radius 3 is 2.44 bits per heavy atom. The van der Waals surface area contributed by atoms with Gasteiger partial charge in [-0.25, -0.2) is 13.8 Å². The van der Waals surface area contributed by atoms with Gasteiger partial charge in [0, 0.05) is 46.2 Å². The van der Waals surface area contributed by atoms with Crippen LogP contribution in [-0.2, 0) is 6.54 Å². The predicted molar refractivity (Wildman–Crippen MR) is 129 cm³/mol. The summed E-state index contributed by atoms with van der Waals surface area (Å²) < 4.78 is 34.5. The molecule has 0 saturated carbocycles. The number of hydrogen-bond acceptors (Lipinski definition) is 3. The summed E-state index contributed by atoms with van der Waals surface area (Å²) >= 11 is 0. The number of methoxy groups -OCH3 is 1. The molecule has 0 aliphatic rings. The van der Waals surface area contributed by atoms with Crippen LogP contribution in [0.1, 0.15) is 22.5 Å². The van der Waals surface area contributed by atoms with Crippen LogP contribution in [0.2, 0.25) is 0 Å². The van der Waals surface area contributed by atoms with Gasteiger partial charge in [-0.2, -0.15) is 5.10 Å². The summed E-state index contributed by atoms with van der Waals surface area (Å²) in [4.78, 5) is 7.89. The molecule has 0 aliphatic heterocycles. The first-order chi connectivity index (χ1) is 16.3. The minimum atomic E-state index is -0.597. The third-order valence-electron chi connectivity index (χ3n) is 6.16. The standard InChI is InChI=1S/C27H24F2N4O/c1-15-7-19(5-6-25(15)34-4)20-10-23-24(13-31-27(23)30-12-20)26-16(2)32-33(17(26)3)14-18-8-21(28)11-22(29)9-18/h5-13H,14H2,1-4H3,(H,30,31). The molecule has 5 nitrogen and oxygen atoms in total. The number of hydrogen-bond donors (Lipinski definition) is 1. The second-order valence-corrected chi connectivity index (χ2v) is 8.49. The molecule has 34 heavy (non-hydrogen) atoms. The van der Waals surface area contributed by atoms with Gasteiger partial charge < -0.3 is 9.72 Å². The summed E-state index contributed by atoms with van der Waals surface area (Å²) in [6.45, 7) is 6.20. The Bertz CT molecular complexity index is 1510. The molecule has 5 aromatic rings. The van der Waals surface area contributed by atoms with Crippen molar-refractivity contribution in [1.82, 2.24) is 19.7 Å². The van der Waals surface area contributed by atoms with E-state index in [2.05, 4.69) is 27.2 Å². The number of pyridine rings is 1. The number of aromatic nitrogens is 4. The molecule has 0 aliphatic carbocycles. The number of halogens is 2. The van der Waals surface area contributed by atoms with E-state index in [1.54, 1.807) is 11.8 Å². The van der Waals surface area contributed by atoms with Crippen LogP contribution in [0, 0.1) is 32.4 Å². The van der Waals surface area contributed by atoms with Crippen molar-refractivity contribution in [3.63, 3.8) is 0 Å². The van der Waals surface area contributed by atoms with Gasteiger partial charge in [-0.3, -0.25) is 4.68 Å². The number of rotatable bonds is 5. The van der Waals surface area contributed by atoms with Crippen molar-refractivity contribution in [1.29, 1.82) is 0 Å². The molecule has 3 aromatic heterocycles. The number of H-pyrrole nitrogens is 1. The van der Waals surface area contributed by atoms with Gasteiger partial charge in [0.1, 0.15) is 23.0 Å². The van der Waals surface area contributed by atoms with E-state index in [-0.39, 0.29) is 6.54 Å². The molecular weight excluding hydrogens is 434 g/mol. The monoisotopic (exact) mass is 458 g/mol. The van der Waals surface area contributed by atoms with Crippen LogP contribution in [0.4, 0.5) is 8.78 Å². The zero-order chi connectivity index (χ0) is 24.0. The zero-order valence-corrected chi connectivity index (χ0v) is 19.4. The van der Waals surface area contributed by atoms with E-state index in [0.717, 1.165) is 62.1 Å². The van der Waals surface area contributed by atoms with E-state index >= 15 is 0 Å². The summed E-state index contributed by atoms with van der Waals surface area (Å²) in [6.07, 6.45) is 3.79. The van der Waals surface area contributed by atoms with Gasteiger partial charge in [0.2, 0.25) is 0 Å². The van der Waals surface area contributed by atoms with Gasteiger partial charge in [-0.1, -0.05) is 6.07 Å². The molecule has 3 heterocycles. The average molecular weight is 459 g/mol. The van der Waals surface area contributed by atoms with Crippen LogP contribution < -0.4 is 4.74 Å². The Morgan fingerprint density at radius 1 is 0.971 bits per heavy atom. The van der Waals surface area contributed by atoms with Gasteiger partial charge >= 0.3 is 0 Å². The second-order valence-electron chi connectivity index (χ2n) is 8.49. The Balaban J connectivity index is 1.57. The highest BCUT2D eigenvalue weighted by molar-refractivity contribution is 5.97. The lowest BCUT2D eigenvalue weighted by Gasteiger charge is -2.08. The number of aryl methyl sites for hydroxylation is 2. The molecule has 5 rings (SSSR count). The molecule has 1 N–H and O–H groups in total. The van der Waals surface area contributed by atoms with Gasteiger partial charge in [-0.05, 0) is 67.8 Å². The number of ether oxygens (including phenoxy) is 1. The first-order valence-corrected chi connectivity index (χ1v) is 11.0. The smallest absolute Gasteiger partial charge is 0.137 e. The highest BCUT2D eigenvalue weighted by atomic mass is 19.1. The van der Waals surface area contributed by atoms with E-state index in [4.69, 9.17) is 4.74 Å². The lowest BCUT2D eigenvalue weighted by molar-refractivity contribution is 0.412. The van der Waals surface area contributed by atoms with Gasteiger partial charge in [-0.15, -0.1) is 0 Å². The molecule has 0 atom stereocenters. The van der Waals surface area contributed by atoms with E-state index in [9.17, 15) is 8.78 Å². The fourth-order valence-electron chi connectivity index (χ4n) is 4.54. The summed E-state index contributed by atoms with van der Waals surface area (Å²) in [5.74, 6) is -0.349. The maximum Gasteiger partial charge on any atom is 0.137 e. The zero-order valence-electron chi connectivity index (χ0n) is 19.4. The lowest BCUT2D eigenvalue weighted by Crippen LogP contribution is -2.05. The quantitative estimate of drug-likeness (QED) is 0.334. The Hall–Kier alpha value is -4.00. The first kappa shape index (κ1) is 21.8. The molecule has 0 fully saturated rings. The van der Waals surface area contributed by atoms with Crippen molar-refractivity contribution < 1.29 is 13.5 Å². The molecule has 7 heteroatoms. The third-order valence-corrected chi connectivity index (χ3v) is 6.16. The van der Waals surface area contributed by atoms with E-state index < -0.39 is 11.6 Å². The Labute approximate surface area is 196 Å². The van der Waals surface area contributed by atoms with Crippen molar-refractivity contribution in [3.8, 4) is 28.0 Å². The first-order valence-electron chi connectivity index (χ1n) is 11.0. The maximum absolute atomic E-state index is 13.7. The molecule has 0 spiro atoms. The van der Waals surface area contributed by atoms with Crippen LogP contribution in [0.25, 0.3) is 33.3 Å². The van der Waals surface area contributed by atoms with Gasteiger partial charge in [0.25, 0.3) is 0 Å². The van der Waals surface area contributed by atoms with Crippen LogP contribution in [0.5, 0.6) is 5.75 Å². The van der Waals surface area contributed by atoms with Gasteiger partial charge in [0.15, 0.2) is 0 Å². The summed E-state index contributed by atoms with van der Waals surface area (Å²) in [6, 6.07) is 11.7. The van der Waals surface area contributed by atoms with E-state index in [1.807, 2.05) is 45.3 Å². The SMILES string of the molecule is COc1ccc(-c2cnc3[nH]cc(-c4c(C)nn(Cc5cc(F)cc(F)c5)c4C)c3c2)cc1C. The number of nitrogens with zero attached hydrogens (tertiary/aromatic N) is 3. The van der Waals surface area contributed by atoms with E-state index in [0.29, 0.717) is 5.56 Å².